The first-order valence-corrected chi connectivity index (χ1v) is 6.22. The molecule has 0 rings (SSSR count). The van der Waals surface area contributed by atoms with Crippen LogP contribution in [0.1, 0.15) is 27.7 Å². The minimum Gasteiger partial charge on any atom is -0.598 e. The molecule has 0 aromatic rings. The normalized spacial score (nSPS) is 16.9. The Bertz CT molecular complexity index is 230. The first-order valence-electron chi connectivity index (χ1n) is 5.07. The highest BCUT2D eigenvalue weighted by atomic mass is 32.2. The molecule has 0 aliphatic carbocycles. The number of nitrogens with one attached hydrogen (secondary N) is 2. The van der Waals surface area contributed by atoms with Gasteiger partial charge in [-0.1, -0.05) is 0 Å². The van der Waals surface area contributed by atoms with Crippen molar-refractivity contribution in [3.8, 4) is 0 Å². The maximum absolute atomic E-state index is 12.1. The Balaban J connectivity index is 4.68. The molecule has 16 heavy (non-hydrogen) atoms. The van der Waals surface area contributed by atoms with Crippen molar-refractivity contribution >= 4 is 17.6 Å². The summed E-state index contributed by atoms with van der Waals surface area (Å²) in [4.78, 5) is 10.8. The maximum Gasteiger partial charge on any atom is 0.178 e. The van der Waals surface area contributed by atoms with Crippen molar-refractivity contribution in [2.75, 3.05) is 14.2 Å². The third-order valence-corrected chi connectivity index (χ3v) is 4.14. The quantitative estimate of drug-likeness (QED) is 0.383. The smallest absolute Gasteiger partial charge is 0.178 e. The SMILES string of the molecule is CNC(OC)C(C)(C)[S+]([O-])NC(C)(C)C=O. The number of ether oxygens (including phenoxy) is 1. The molecule has 6 heteroatoms. The molecule has 0 fully saturated rings. The van der Waals surface area contributed by atoms with Gasteiger partial charge in [-0.3, -0.25) is 5.32 Å². The van der Waals surface area contributed by atoms with Crippen molar-refractivity contribution in [3.05, 3.63) is 0 Å². The van der Waals surface area contributed by atoms with Crippen LogP contribution in [0.5, 0.6) is 0 Å². The molecule has 5 nitrogen and oxygen atoms in total. The Hall–Kier alpha value is -0.140. The highest BCUT2D eigenvalue weighted by Gasteiger charge is 2.43. The molecular formula is C10H22N2O3S. The van der Waals surface area contributed by atoms with Crippen molar-refractivity contribution in [3.63, 3.8) is 0 Å². The van der Waals surface area contributed by atoms with Crippen molar-refractivity contribution in [1.82, 2.24) is 10.0 Å². The van der Waals surface area contributed by atoms with E-state index in [1.54, 1.807) is 28.0 Å². The van der Waals surface area contributed by atoms with Gasteiger partial charge in [0, 0.05) is 18.5 Å². The van der Waals surface area contributed by atoms with Crippen molar-refractivity contribution in [2.45, 2.75) is 44.2 Å². The largest absolute Gasteiger partial charge is 0.598 e. The summed E-state index contributed by atoms with van der Waals surface area (Å²) >= 11 is -1.40. The summed E-state index contributed by atoms with van der Waals surface area (Å²) in [6, 6.07) is 0. The van der Waals surface area contributed by atoms with Crippen LogP contribution in [-0.4, -0.2) is 41.5 Å². The summed E-state index contributed by atoms with van der Waals surface area (Å²) in [7, 11) is 3.28. The van der Waals surface area contributed by atoms with Crippen LogP contribution in [0.15, 0.2) is 0 Å². The Morgan fingerprint density at radius 1 is 1.38 bits per heavy atom. The standard InChI is InChI=1S/C10H22N2O3S/c1-9(2,7-13)12-16(14)10(3,4)8(11-5)15-6/h7-8,11-12H,1-6H3. The number of hydrogen-bond donors (Lipinski definition) is 2. The summed E-state index contributed by atoms with van der Waals surface area (Å²) < 4.78 is 19.5. The van der Waals surface area contributed by atoms with E-state index in [0.717, 1.165) is 6.29 Å². The monoisotopic (exact) mass is 250 g/mol. The van der Waals surface area contributed by atoms with Gasteiger partial charge in [0.05, 0.1) is 0 Å². The van der Waals surface area contributed by atoms with E-state index >= 15 is 0 Å². The number of methoxy groups -OCH3 is 1. The Kier molecular flexibility index (Phi) is 5.92. The van der Waals surface area contributed by atoms with E-state index in [0.29, 0.717) is 0 Å². The molecule has 0 aromatic heterocycles. The third-order valence-electron chi connectivity index (χ3n) is 2.26. The lowest BCUT2D eigenvalue weighted by molar-refractivity contribution is -0.111. The zero-order chi connectivity index (χ0) is 13.0. The topological polar surface area (TPSA) is 73.4 Å². The number of carbonyl (C=O) groups is 1. The predicted molar refractivity (Wildman–Crippen MR) is 65.4 cm³/mol. The van der Waals surface area contributed by atoms with E-state index in [1.165, 1.54) is 0 Å². The van der Waals surface area contributed by atoms with Crippen LogP contribution in [0, 0.1) is 0 Å². The lowest BCUT2D eigenvalue weighted by atomic mass is 10.1. The van der Waals surface area contributed by atoms with Gasteiger partial charge < -0.3 is 14.1 Å². The second kappa shape index (κ2) is 5.97. The van der Waals surface area contributed by atoms with E-state index in [-0.39, 0.29) is 6.23 Å². The molecule has 0 bridgehead atoms. The number of hydrogen-bond acceptors (Lipinski definition) is 5. The van der Waals surface area contributed by atoms with Crippen LogP contribution in [0.25, 0.3) is 0 Å². The third kappa shape index (κ3) is 4.03. The number of rotatable bonds is 7. The lowest BCUT2D eigenvalue weighted by Gasteiger charge is -2.36. The maximum atomic E-state index is 12.1. The van der Waals surface area contributed by atoms with Gasteiger partial charge in [-0.25, -0.2) is 0 Å². The van der Waals surface area contributed by atoms with Crippen molar-refractivity contribution in [2.24, 2.45) is 0 Å². The zero-order valence-electron chi connectivity index (χ0n) is 10.8. The lowest BCUT2D eigenvalue weighted by Crippen LogP contribution is -2.59. The summed E-state index contributed by atoms with van der Waals surface area (Å²) in [6.45, 7) is 6.97. The molecule has 0 saturated heterocycles. The average Bonchev–Trinajstić information content (AvgIpc) is 2.18. The molecule has 0 heterocycles. The van der Waals surface area contributed by atoms with Crippen LogP contribution in [0.4, 0.5) is 0 Å². The van der Waals surface area contributed by atoms with Gasteiger partial charge in [0.15, 0.2) is 11.0 Å². The fourth-order valence-corrected chi connectivity index (χ4v) is 2.44. The predicted octanol–water partition coefficient (Wildman–Crippen LogP) is 0.188. The molecule has 0 radical (unpaired) electrons. The number of carbonyl (C=O) groups excluding carboxylic acids is 1. The molecule has 0 aromatic carbocycles. The second-order valence-electron chi connectivity index (χ2n) is 4.72. The Morgan fingerprint density at radius 3 is 2.19 bits per heavy atom. The molecular weight excluding hydrogens is 228 g/mol. The molecule has 2 N–H and O–H groups in total. The van der Waals surface area contributed by atoms with Gasteiger partial charge >= 0.3 is 0 Å². The average molecular weight is 250 g/mol. The highest BCUT2D eigenvalue weighted by Crippen LogP contribution is 2.22. The second-order valence-corrected chi connectivity index (χ2v) is 6.51. The first-order chi connectivity index (χ1) is 7.21. The summed E-state index contributed by atoms with van der Waals surface area (Å²) in [5.41, 5.74) is -0.811. The number of aldehydes is 1. The highest BCUT2D eigenvalue weighted by molar-refractivity contribution is 7.91. The van der Waals surface area contributed by atoms with Gasteiger partial charge in [-0.2, -0.15) is 0 Å². The molecule has 2 unspecified atom stereocenters. The Labute approximate surface area is 101 Å². The Morgan fingerprint density at radius 2 is 1.88 bits per heavy atom. The summed E-state index contributed by atoms with van der Waals surface area (Å²) in [5, 5.41) is 2.93. The van der Waals surface area contributed by atoms with E-state index in [9.17, 15) is 9.35 Å². The molecule has 2 atom stereocenters. The van der Waals surface area contributed by atoms with Crippen molar-refractivity contribution in [1.29, 1.82) is 0 Å². The molecule has 0 amide bonds. The van der Waals surface area contributed by atoms with Gasteiger partial charge in [0.25, 0.3) is 0 Å². The van der Waals surface area contributed by atoms with Gasteiger partial charge in [0.2, 0.25) is 0 Å². The molecule has 96 valence electrons. The fourth-order valence-electron chi connectivity index (χ4n) is 1.24. The first kappa shape index (κ1) is 15.9. The fraction of sp³-hybridized carbons (Fsp3) is 0.900. The van der Waals surface area contributed by atoms with Crippen LogP contribution < -0.4 is 10.0 Å². The van der Waals surface area contributed by atoms with Crippen molar-refractivity contribution < 1.29 is 14.1 Å². The van der Waals surface area contributed by atoms with Crippen LogP contribution in [0.3, 0.4) is 0 Å². The van der Waals surface area contributed by atoms with Gasteiger partial charge in [0.1, 0.15) is 11.8 Å². The zero-order valence-corrected chi connectivity index (χ0v) is 11.6. The minimum atomic E-state index is -1.40. The summed E-state index contributed by atoms with van der Waals surface area (Å²) in [6.07, 6.45) is 0.380. The van der Waals surface area contributed by atoms with E-state index in [1.807, 2.05) is 13.8 Å². The van der Waals surface area contributed by atoms with Gasteiger partial charge in [-0.05, 0) is 34.7 Å². The van der Waals surface area contributed by atoms with Crippen LogP contribution >= 0.6 is 0 Å². The summed E-state index contributed by atoms with van der Waals surface area (Å²) in [5.74, 6) is 0. The van der Waals surface area contributed by atoms with Crippen LogP contribution in [-0.2, 0) is 20.9 Å². The minimum absolute atomic E-state index is 0.358. The molecule has 0 aliphatic heterocycles. The molecule has 0 saturated carbocycles. The molecule has 0 spiro atoms. The van der Waals surface area contributed by atoms with Crippen LogP contribution in [0.2, 0.25) is 0 Å². The van der Waals surface area contributed by atoms with Gasteiger partial charge in [-0.15, -0.1) is 4.72 Å². The molecule has 0 aliphatic rings. The van der Waals surface area contributed by atoms with E-state index in [4.69, 9.17) is 4.74 Å². The van der Waals surface area contributed by atoms with E-state index < -0.39 is 21.6 Å². The van der Waals surface area contributed by atoms with E-state index in [2.05, 4.69) is 10.0 Å².